The molecule has 0 radical (unpaired) electrons. The molecule has 2 heterocycles. The molecule has 2 fully saturated rings. The molecule has 1 aliphatic carbocycles. The molecule has 5 nitrogen and oxygen atoms in total. The van der Waals surface area contributed by atoms with Crippen molar-refractivity contribution in [2.75, 3.05) is 19.8 Å². The van der Waals surface area contributed by atoms with Crippen molar-refractivity contribution >= 4 is 5.91 Å². The minimum Gasteiger partial charge on any atom is -0.377 e. The largest absolute Gasteiger partial charge is 0.377 e. The number of hydrogen-bond donors (Lipinski definition) is 1. The van der Waals surface area contributed by atoms with E-state index in [1.165, 1.54) is 25.7 Å². The van der Waals surface area contributed by atoms with E-state index in [0.29, 0.717) is 32.1 Å². The molecule has 19 heavy (non-hydrogen) atoms. The molecule has 1 N–H and O–H groups in total. The molecule has 0 bridgehead atoms. The zero-order chi connectivity index (χ0) is 13.1. The van der Waals surface area contributed by atoms with Crippen molar-refractivity contribution in [3.63, 3.8) is 0 Å². The van der Waals surface area contributed by atoms with Gasteiger partial charge in [0.1, 0.15) is 0 Å². The van der Waals surface area contributed by atoms with E-state index in [0.717, 1.165) is 5.69 Å². The Bertz CT molecular complexity index is 412. The van der Waals surface area contributed by atoms with Crippen LogP contribution in [0, 0.1) is 5.92 Å². The van der Waals surface area contributed by atoms with Crippen LogP contribution in [-0.2, 0) is 9.53 Å². The molecular formula is C14H21N3O2. The molecule has 3 rings (SSSR count). The van der Waals surface area contributed by atoms with Crippen LogP contribution >= 0.6 is 0 Å². The topological polar surface area (TPSA) is 58.2 Å². The minimum absolute atomic E-state index is 0.00477. The molecule has 5 heteroatoms. The summed E-state index contributed by atoms with van der Waals surface area (Å²) in [6.45, 7) is 1.90. The van der Waals surface area contributed by atoms with Crippen LogP contribution in [0.15, 0.2) is 12.3 Å². The summed E-state index contributed by atoms with van der Waals surface area (Å²) < 4.78 is 5.51. The fourth-order valence-corrected chi connectivity index (χ4v) is 3.19. The summed E-state index contributed by atoms with van der Waals surface area (Å²) in [4.78, 5) is 14.5. The maximum Gasteiger partial charge on any atom is 0.223 e. The van der Waals surface area contributed by atoms with Crippen molar-refractivity contribution < 1.29 is 9.53 Å². The van der Waals surface area contributed by atoms with E-state index >= 15 is 0 Å². The van der Waals surface area contributed by atoms with Gasteiger partial charge in [-0.2, -0.15) is 5.10 Å². The van der Waals surface area contributed by atoms with Gasteiger partial charge in [0, 0.05) is 19.2 Å². The summed E-state index contributed by atoms with van der Waals surface area (Å²) >= 11 is 0. The summed E-state index contributed by atoms with van der Waals surface area (Å²) in [7, 11) is 0. The van der Waals surface area contributed by atoms with Crippen molar-refractivity contribution in [3.05, 3.63) is 18.0 Å². The van der Waals surface area contributed by atoms with Crippen LogP contribution in [0.5, 0.6) is 0 Å². The van der Waals surface area contributed by atoms with Crippen molar-refractivity contribution in [1.29, 1.82) is 0 Å². The van der Waals surface area contributed by atoms with Crippen LogP contribution in [0.4, 0.5) is 0 Å². The van der Waals surface area contributed by atoms with Gasteiger partial charge in [0.25, 0.3) is 0 Å². The summed E-state index contributed by atoms with van der Waals surface area (Å²) in [5, 5.41) is 6.94. The van der Waals surface area contributed by atoms with Gasteiger partial charge in [0.2, 0.25) is 5.91 Å². The van der Waals surface area contributed by atoms with Gasteiger partial charge in [0.15, 0.2) is 0 Å². The first-order valence-electron chi connectivity index (χ1n) is 7.21. The Balaban J connectivity index is 1.67. The van der Waals surface area contributed by atoms with Crippen molar-refractivity contribution in [1.82, 2.24) is 15.1 Å². The average molecular weight is 263 g/mol. The zero-order valence-electron chi connectivity index (χ0n) is 11.2. The molecule has 104 valence electrons. The van der Waals surface area contributed by atoms with Gasteiger partial charge in [-0.1, -0.05) is 12.8 Å². The number of aromatic nitrogens is 2. The van der Waals surface area contributed by atoms with E-state index in [-0.39, 0.29) is 11.9 Å². The van der Waals surface area contributed by atoms with Crippen molar-refractivity contribution in [2.45, 2.75) is 38.1 Å². The zero-order valence-corrected chi connectivity index (χ0v) is 11.2. The summed E-state index contributed by atoms with van der Waals surface area (Å²) in [6, 6.07) is 1.93. The average Bonchev–Trinajstić information content (AvgIpc) is 3.11. The highest BCUT2D eigenvalue weighted by atomic mass is 16.5. The fraction of sp³-hybridized carbons (Fsp3) is 0.714. The first-order chi connectivity index (χ1) is 9.34. The molecule has 1 saturated carbocycles. The molecule has 1 aromatic rings. The van der Waals surface area contributed by atoms with Gasteiger partial charge in [-0.3, -0.25) is 9.89 Å². The second kappa shape index (κ2) is 5.74. The van der Waals surface area contributed by atoms with Gasteiger partial charge in [-0.15, -0.1) is 0 Å². The number of carbonyl (C=O) groups excluding carboxylic acids is 1. The lowest BCUT2D eigenvalue weighted by Crippen LogP contribution is -2.44. The number of aromatic amines is 1. The van der Waals surface area contributed by atoms with Gasteiger partial charge in [0.05, 0.1) is 24.9 Å². The van der Waals surface area contributed by atoms with E-state index in [2.05, 4.69) is 10.2 Å². The Kier molecular flexibility index (Phi) is 3.82. The van der Waals surface area contributed by atoms with Crippen LogP contribution in [0.2, 0.25) is 0 Å². The minimum atomic E-state index is 0.00477. The van der Waals surface area contributed by atoms with E-state index in [4.69, 9.17) is 4.74 Å². The standard InChI is InChI=1S/C14H21N3O2/c18-14(9-11-3-1-2-4-11)17-7-8-19-10-13(17)12-5-6-15-16-12/h5-6,11,13H,1-4,7-10H2,(H,15,16). The maximum atomic E-state index is 12.5. The van der Waals surface area contributed by atoms with Gasteiger partial charge in [-0.05, 0) is 24.8 Å². The number of carbonyl (C=O) groups is 1. The Hall–Kier alpha value is -1.36. The van der Waals surface area contributed by atoms with Crippen molar-refractivity contribution in [2.24, 2.45) is 5.92 Å². The molecule has 1 unspecified atom stereocenters. The quantitative estimate of drug-likeness (QED) is 0.906. The third-order valence-electron chi connectivity index (χ3n) is 4.27. The van der Waals surface area contributed by atoms with Gasteiger partial charge in [-0.25, -0.2) is 0 Å². The number of ether oxygens (including phenoxy) is 1. The molecular weight excluding hydrogens is 242 g/mol. The Labute approximate surface area is 113 Å². The number of nitrogens with zero attached hydrogens (tertiary/aromatic N) is 2. The number of amides is 1. The smallest absolute Gasteiger partial charge is 0.223 e. The lowest BCUT2D eigenvalue weighted by atomic mass is 10.0. The third kappa shape index (κ3) is 2.81. The Morgan fingerprint density at radius 2 is 2.32 bits per heavy atom. The number of rotatable bonds is 3. The van der Waals surface area contributed by atoms with Gasteiger partial charge >= 0.3 is 0 Å². The Morgan fingerprint density at radius 3 is 3.05 bits per heavy atom. The van der Waals surface area contributed by atoms with Crippen LogP contribution in [0.3, 0.4) is 0 Å². The molecule has 0 aromatic carbocycles. The lowest BCUT2D eigenvalue weighted by molar-refractivity contribution is -0.141. The van der Waals surface area contributed by atoms with Gasteiger partial charge < -0.3 is 9.64 Å². The van der Waals surface area contributed by atoms with E-state index in [9.17, 15) is 4.79 Å². The first-order valence-corrected chi connectivity index (χ1v) is 7.21. The summed E-state index contributed by atoms with van der Waals surface area (Å²) in [5.41, 5.74) is 0.972. The molecule has 1 saturated heterocycles. The highest BCUT2D eigenvalue weighted by Gasteiger charge is 2.31. The molecule has 1 amide bonds. The van der Waals surface area contributed by atoms with Crippen LogP contribution < -0.4 is 0 Å². The third-order valence-corrected chi connectivity index (χ3v) is 4.27. The SMILES string of the molecule is O=C(CC1CCCC1)N1CCOCC1c1ccn[nH]1. The molecule has 1 atom stereocenters. The Morgan fingerprint density at radius 1 is 1.47 bits per heavy atom. The second-order valence-electron chi connectivity index (χ2n) is 5.54. The van der Waals surface area contributed by atoms with Crippen LogP contribution in [0.1, 0.15) is 43.8 Å². The molecule has 2 aliphatic rings. The fourth-order valence-electron chi connectivity index (χ4n) is 3.19. The lowest BCUT2D eigenvalue weighted by Gasteiger charge is -2.35. The molecule has 1 aliphatic heterocycles. The number of hydrogen-bond acceptors (Lipinski definition) is 3. The number of nitrogens with one attached hydrogen (secondary N) is 1. The molecule has 0 spiro atoms. The number of morpholine rings is 1. The normalized spacial score (nSPS) is 24.8. The highest BCUT2D eigenvalue weighted by Crippen LogP contribution is 2.30. The molecule has 1 aromatic heterocycles. The first kappa shape index (κ1) is 12.7. The monoisotopic (exact) mass is 263 g/mol. The van der Waals surface area contributed by atoms with Crippen LogP contribution in [0.25, 0.3) is 0 Å². The van der Waals surface area contributed by atoms with E-state index in [1.54, 1.807) is 6.20 Å². The number of H-pyrrole nitrogens is 1. The highest BCUT2D eigenvalue weighted by molar-refractivity contribution is 5.77. The van der Waals surface area contributed by atoms with Crippen molar-refractivity contribution in [3.8, 4) is 0 Å². The predicted octanol–water partition coefficient (Wildman–Crippen LogP) is 1.89. The van der Waals surface area contributed by atoms with E-state index in [1.807, 2.05) is 11.0 Å². The van der Waals surface area contributed by atoms with E-state index < -0.39 is 0 Å². The summed E-state index contributed by atoms with van der Waals surface area (Å²) in [5.74, 6) is 0.868. The van der Waals surface area contributed by atoms with Crippen LogP contribution in [-0.4, -0.2) is 40.8 Å². The predicted molar refractivity (Wildman–Crippen MR) is 70.4 cm³/mol. The maximum absolute atomic E-state index is 12.5. The second-order valence-corrected chi connectivity index (χ2v) is 5.54. The summed E-state index contributed by atoms with van der Waals surface area (Å²) in [6.07, 6.45) is 7.42.